The lowest BCUT2D eigenvalue weighted by Crippen LogP contribution is -2.50. The maximum absolute atomic E-state index is 12.9. The summed E-state index contributed by atoms with van der Waals surface area (Å²) in [4.78, 5) is 17.8. The predicted octanol–water partition coefficient (Wildman–Crippen LogP) is 2.15. The van der Waals surface area contributed by atoms with E-state index < -0.39 is 6.17 Å². The minimum atomic E-state index is -0.425. The minimum absolute atomic E-state index is 0.181. The van der Waals surface area contributed by atoms with Crippen molar-refractivity contribution in [3.05, 3.63) is 77.3 Å². The standard InChI is InChI=1S/C21H20N4O2S/c1-3-13-28-21-23-20(26)18-16-7-5-6-8-17(16)22-19(25(18)24-21)14-9-11-15(12-10-14)27-4-2/h3,5-12,19H,1,4,13H2,2H3,(H,23,24,26)/t19-/m0/s1. The molecule has 2 aliphatic heterocycles. The third kappa shape index (κ3) is 3.41. The molecule has 7 heteroatoms. The van der Waals surface area contributed by atoms with Gasteiger partial charge in [-0.05, 0) is 30.7 Å². The van der Waals surface area contributed by atoms with Gasteiger partial charge >= 0.3 is 0 Å². The number of benzene rings is 2. The Bertz CT molecular complexity index is 1060. The Hall–Kier alpha value is -3.06. The van der Waals surface area contributed by atoms with E-state index in [2.05, 4.69) is 17.0 Å². The number of nitrogens with one attached hydrogen (secondary N) is 1. The molecule has 28 heavy (non-hydrogen) atoms. The quantitative estimate of drug-likeness (QED) is 0.792. The number of carbonyl (C=O) groups is 1. The maximum Gasteiger partial charge on any atom is 0.276 e. The Morgan fingerprint density at radius 3 is 2.79 bits per heavy atom. The van der Waals surface area contributed by atoms with E-state index in [1.165, 1.54) is 11.8 Å². The van der Waals surface area contributed by atoms with Crippen molar-refractivity contribution < 1.29 is 9.53 Å². The predicted molar refractivity (Wildman–Crippen MR) is 111 cm³/mol. The Labute approximate surface area is 167 Å². The van der Waals surface area contributed by atoms with Gasteiger partial charge in [-0.1, -0.05) is 48.2 Å². The lowest BCUT2D eigenvalue weighted by atomic mass is 10.1. The van der Waals surface area contributed by atoms with E-state index in [4.69, 9.17) is 9.73 Å². The highest BCUT2D eigenvalue weighted by molar-refractivity contribution is 8.14. The van der Waals surface area contributed by atoms with Gasteiger partial charge in [-0.15, -0.1) is 11.7 Å². The lowest BCUT2D eigenvalue weighted by molar-refractivity contribution is -0.116. The number of hydrogen-bond acceptors (Lipinski definition) is 6. The summed E-state index contributed by atoms with van der Waals surface area (Å²) in [5.74, 6) is 1.28. The first-order valence-electron chi connectivity index (χ1n) is 9.04. The molecule has 142 valence electrons. The molecule has 0 aliphatic carbocycles. The topological polar surface area (TPSA) is 66.3 Å². The third-order valence-corrected chi connectivity index (χ3v) is 5.20. The molecule has 1 atom stereocenters. The molecule has 1 amide bonds. The van der Waals surface area contributed by atoms with E-state index >= 15 is 0 Å². The van der Waals surface area contributed by atoms with Crippen molar-refractivity contribution in [3.63, 3.8) is 0 Å². The van der Waals surface area contributed by atoms with Gasteiger partial charge in [0.15, 0.2) is 11.3 Å². The Morgan fingerprint density at radius 1 is 1.25 bits per heavy atom. The van der Waals surface area contributed by atoms with Crippen LogP contribution in [0.15, 0.2) is 71.3 Å². The third-order valence-electron chi connectivity index (χ3n) is 4.34. The summed E-state index contributed by atoms with van der Waals surface area (Å²) in [6.45, 7) is 6.28. The van der Waals surface area contributed by atoms with E-state index in [1.54, 1.807) is 11.1 Å². The molecule has 0 fully saturated rings. The molecule has 1 N–H and O–H groups in total. The summed E-state index contributed by atoms with van der Waals surface area (Å²) in [7, 11) is 0. The lowest BCUT2D eigenvalue weighted by Gasteiger charge is -2.34. The van der Waals surface area contributed by atoms with Gasteiger partial charge < -0.3 is 4.74 Å². The fourth-order valence-corrected chi connectivity index (χ4v) is 3.74. The molecule has 0 radical (unpaired) electrons. The van der Waals surface area contributed by atoms with E-state index in [0.29, 0.717) is 23.2 Å². The fourth-order valence-electron chi connectivity index (χ4n) is 3.15. The van der Waals surface area contributed by atoms with Gasteiger partial charge in [0.25, 0.3) is 5.91 Å². The van der Waals surface area contributed by atoms with Crippen LogP contribution in [0.4, 0.5) is 0 Å². The summed E-state index contributed by atoms with van der Waals surface area (Å²) in [5, 5.41) is 11.4. The number of amidine groups is 1. The average Bonchev–Trinajstić information content (AvgIpc) is 2.72. The molecular weight excluding hydrogens is 372 g/mol. The number of amides is 1. The second kappa shape index (κ2) is 7.90. The van der Waals surface area contributed by atoms with Crippen molar-refractivity contribution in [2.45, 2.75) is 13.1 Å². The fraction of sp³-hybridized carbons (Fsp3) is 0.190. The SMILES string of the molecule is C=CCSC1=NN2C(=c3ccccc3=N[C@@H]2c2ccc(OCC)cc2)C(=O)N1. The van der Waals surface area contributed by atoms with Crippen LogP contribution < -0.4 is 20.6 Å². The molecule has 0 saturated heterocycles. The van der Waals surface area contributed by atoms with E-state index in [1.807, 2.05) is 55.5 Å². The van der Waals surface area contributed by atoms with Crippen LogP contribution in [-0.4, -0.2) is 28.4 Å². The molecule has 0 aromatic heterocycles. The normalized spacial score (nSPS) is 17.7. The van der Waals surface area contributed by atoms with Crippen molar-refractivity contribution >= 4 is 28.5 Å². The first kappa shape index (κ1) is 18.3. The van der Waals surface area contributed by atoms with E-state index in [9.17, 15) is 4.79 Å². The van der Waals surface area contributed by atoms with Gasteiger partial charge in [0.05, 0.1) is 12.0 Å². The Morgan fingerprint density at radius 2 is 2.04 bits per heavy atom. The van der Waals surface area contributed by atoms with Gasteiger partial charge in [-0.3, -0.25) is 15.1 Å². The molecule has 4 rings (SSSR count). The first-order chi connectivity index (χ1) is 13.7. The summed E-state index contributed by atoms with van der Waals surface area (Å²) >= 11 is 1.43. The zero-order valence-electron chi connectivity index (χ0n) is 15.5. The van der Waals surface area contributed by atoms with Crippen LogP contribution in [0.3, 0.4) is 0 Å². The van der Waals surface area contributed by atoms with Crippen molar-refractivity contribution in [1.82, 2.24) is 10.3 Å². The summed E-state index contributed by atoms with van der Waals surface area (Å²) < 4.78 is 5.54. The average molecular weight is 392 g/mol. The van der Waals surface area contributed by atoms with Gasteiger partial charge in [-0.25, -0.2) is 5.01 Å². The number of nitrogens with zero attached hydrogens (tertiary/aromatic N) is 3. The highest BCUT2D eigenvalue weighted by atomic mass is 32.2. The monoisotopic (exact) mass is 392 g/mol. The second-order valence-corrected chi connectivity index (χ2v) is 7.18. The number of rotatable bonds is 5. The van der Waals surface area contributed by atoms with Crippen LogP contribution in [-0.2, 0) is 4.79 Å². The minimum Gasteiger partial charge on any atom is -0.494 e. The number of ether oxygens (including phenoxy) is 1. The number of para-hydroxylation sites is 1. The largest absolute Gasteiger partial charge is 0.494 e. The molecule has 0 bridgehead atoms. The van der Waals surface area contributed by atoms with Crippen molar-refractivity contribution in [1.29, 1.82) is 0 Å². The van der Waals surface area contributed by atoms with Crippen LogP contribution in [0, 0.1) is 0 Å². The van der Waals surface area contributed by atoms with Gasteiger partial charge in [0.2, 0.25) is 0 Å². The number of fused-ring (bicyclic) bond motifs is 2. The molecule has 2 aromatic carbocycles. The van der Waals surface area contributed by atoms with Crippen LogP contribution in [0.2, 0.25) is 0 Å². The molecule has 0 saturated carbocycles. The zero-order valence-corrected chi connectivity index (χ0v) is 16.3. The summed E-state index contributed by atoms with van der Waals surface area (Å²) in [5.41, 5.74) is 1.44. The van der Waals surface area contributed by atoms with Crippen LogP contribution in [0.1, 0.15) is 18.7 Å². The highest BCUT2D eigenvalue weighted by Gasteiger charge is 2.34. The van der Waals surface area contributed by atoms with Crippen LogP contribution in [0.5, 0.6) is 5.75 Å². The van der Waals surface area contributed by atoms with E-state index in [0.717, 1.165) is 21.9 Å². The number of carbonyl (C=O) groups excluding carboxylic acids is 1. The molecule has 0 spiro atoms. The molecule has 2 heterocycles. The van der Waals surface area contributed by atoms with Crippen molar-refractivity contribution in [2.24, 2.45) is 10.1 Å². The van der Waals surface area contributed by atoms with Gasteiger partial charge in [0.1, 0.15) is 11.4 Å². The van der Waals surface area contributed by atoms with Gasteiger partial charge in [-0.2, -0.15) is 0 Å². The molecule has 2 aliphatic rings. The highest BCUT2D eigenvalue weighted by Crippen LogP contribution is 2.31. The number of hydrazone groups is 1. The summed E-state index contributed by atoms with van der Waals surface area (Å²) in [6.07, 6.45) is 1.35. The maximum atomic E-state index is 12.9. The molecule has 2 aromatic rings. The molecule has 6 nitrogen and oxygen atoms in total. The number of thioether (sulfide) groups is 1. The number of hydrogen-bond donors (Lipinski definition) is 1. The van der Waals surface area contributed by atoms with Gasteiger partial charge in [0, 0.05) is 11.0 Å². The Balaban J connectivity index is 1.83. The summed E-state index contributed by atoms with van der Waals surface area (Å²) in [6, 6.07) is 15.4. The van der Waals surface area contributed by atoms with Crippen LogP contribution in [0.25, 0.3) is 5.70 Å². The first-order valence-corrected chi connectivity index (χ1v) is 10.0. The molecular formula is C21H20N4O2S. The van der Waals surface area contributed by atoms with E-state index in [-0.39, 0.29) is 5.91 Å². The Kier molecular flexibility index (Phi) is 5.16. The van der Waals surface area contributed by atoms with Crippen LogP contribution >= 0.6 is 11.8 Å². The smallest absolute Gasteiger partial charge is 0.276 e. The van der Waals surface area contributed by atoms with Crippen molar-refractivity contribution in [3.8, 4) is 5.75 Å². The second-order valence-electron chi connectivity index (χ2n) is 6.17. The van der Waals surface area contributed by atoms with Crippen molar-refractivity contribution in [2.75, 3.05) is 12.4 Å². The zero-order chi connectivity index (χ0) is 19.5. The molecule has 0 unspecified atom stereocenters.